The van der Waals surface area contributed by atoms with E-state index in [9.17, 15) is 19.2 Å². The molecule has 1 N–H and O–H groups in total. The van der Waals surface area contributed by atoms with E-state index in [0.717, 1.165) is 9.13 Å². The molecule has 0 bridgehead atoms. The lowest BCUT2D eigenvalue weighted by Gasteiger charge is -2.17. The zero-order valence-electron chi connectivity index (χ0n) is 14.0. The summed E-state index contributed by atoms with van der Waals surface area (Å²) in [5.74, 6) is -0.514. The van der Waals surface area contributed by atoms with E-state index < -0.39 is 22.6 Å². The van der Waals surface area contributed by atoms with Crippen LogP contribution < -0.4 is 16.6 Å². The molecule has 0 aliphatic rings. The van der Waals surface area contributed by atoms with E-state index in [1.807, 2.05) is 20.8 Å². The molecule has 7 nitrogen and oxygen atoms in total. The molecule has 0 aliphatic carbocycles. The molecule has 0 atom stereocenters. The summed E-state index contributed by atoms with van der Waals surface area (Å²) in [6.07, 6.45) is 1.28. The van der Waals surface area contributed by atoms with E-state index >= 15 is 0 Å². The van der Waals surface area contributed by atoms with Gasteiger partial charge in [0.05, 0.1) is 5.56 Å². The molecule has 2 aromatic heterocycles. The quantitative estimate of drug-likeness (QED) is 0.847. The summed E-state index contributed by atoms with van der Waals surface area (Å²) >= 11 is 1.25. The Kier molecular flexibility index (Phi) is 4.88. The van der Waals surface area contributed by atoms with Gasteiger partial charge in [-0.25, -0.2) is 4.79 Å². The Morgan fingerprint density at radius 3 is 2.50 bits per heavy atom. The van der Waals surface area contributed by atoms with Crippen molar-refractivity contribution in [3.05, 3.63) is 50.1 Å². The summed E-state index contributed by atoms with van der Waals surface area (Å²) < 4.78 is 2.06. The number of carbonyl (C=O) groups is 2. The van der Waals surface area contributed by atoms with Gasteiger partial charge in [-0.3, -0.25) is 23.5 Å². The van der Waals surface area contributed by atoms with Crippen LogP contribution in [-0.4, -0.2) is 20.8 Å². The summed E-state index contributed by atoms with van der Waals surface area (Å²) in [6, 6.07) is 2.89. The number of Topliss-reactive ketones (excluding diaryl/α,β-unsaturated/α-hetero) is 1. The number of anilines is 1. The maximum atomic E-state index is 12.4. The van der Waals surface area contributed by atoms with Gasteiger partial charge >= 0.3 is 5.69 Å². The highest BCUT2D eigenvalue weighted by atomic mass is 32.1. The molecule has 8 heteroatoms. The number of thiophene rings is 1. The van der Waals surface area contributed by atoms with Crippen LogP contribution in [0.5, 0.6) is 0 Å². The van der Waals surface area contributed by atoms with Crippen LogP contribution in [0, 0.1) is 5.41 Å². The van der Waals surface area contributed by atoms with Crippen molar-refractivity contribution in [2.45, 2.75) is 27.3 Å². The average Bonchev–Trinajstić information content (AvgIpc) is 2.94. The second-order valence-electron chi connectivity index (χ2n) is 6.41. The fraction of sp³-hybridized carbons (Fsp3) is 0.375. The van der Waals surface area contributed by atoms with Gasteiger partial charge in [-0.15, -0.1) is 11.3 Å². The smallest absolute Gasteiger partial charge is 0.316 e. The molecule has 2 aromatic rings. The molecule has 1 amide bonds. The minimum Gasteiger partial charge on any atom is -0.316 e. The Morgan fingerprint density at radius 1 is 1.21 bits per heavy atom. The number of hydrogen-bond donors (Lipinski definition) is 1. The van der Waals surface area contributed by atoms with Gasteiger partial charge in [0.1, 0.15) is 11.5 Å². The van der Waals surface area contributed by atoms with E-state index in [0.29, 0.717) is 10.6 Å². The summed E-state index contributed by atoms with van der Waals surface area (Å²) in [7, 11) is 1.35. The van der Waals surface area contributed by atoms with E-state index in [1.165, 1.54) is 30.6 Å². The molecule has 2 rings (SSSR count). The lowest BCUT2D eigenvalue weighted by Crippen LogP contribution is -2.39. The van der Waals surface area contributed by atoms with Gasteiger partial charge in [0.15, 0.2) is 5.78 Å². The second-order valence-corrected chi connectivity index (χ2v) is 7.33. The average molecular weight is 349 g/mol. The first-order valence-corrected chi connectivity index (χ1v) is 8.18. The van der Waals surface area contributed by atoms with Crippen molar-refractivity contribution in [2.75, 3.05) is 5.32 Å². The van der Waals surface area contributed by atoms with Gasteiger partial charge < -0.3 is 5.32 Å². The van der Waals surface area contributed by atoms with Gasteiger partial charge in [-0.2, -0.15) is 0 Å². The number of ketones is 1. The lowest BCUT2D eigenvalue weighted by molar-refractivity contribution is -0.116. The summed E-state index contributed by atoms with van der Waals surface area (Å²) in [6.45, 7) is 5.18. The van der Waals surface area contributed by atoms with Crippen molar-refractivity contribution < 1.29 is 9.59 Å². The third kappa shape index (κ3) is 3.70. The van der Waals surface area contributed by atoms with Gasteiger partial charge in [0.2, 0.25) is 5.91 Å². The molecule has 24 heavy (non-hydrogen) atoms. The lowest BCUT2D eigenvalue weighted by atomic mass is 9.87. The monoisotopic (exact) mass is 349 g/mol. The van der Waals surface area contributed by atoms with Crippen LogP contribution in [0.1, 0.15) is 31.1 Å². The third-order valence-electron chi connectivity index (χ3n) is 3.42. The number of rotatable bonds is 4. The highest BCUT2D eigenvalue weighted by molar-refractivity contribution is 7.14. The largest absolute Gasteiger partial charge is 0.331 e. The number of nitrogens with one attached hydrogen (secondary N) is 1. The molecule has 0 fully saturated rings. The Morgan fingerprint density at radius 2 is 1.88 bits per heavy atom. The number of hydrogen-bond acceptors (Lipinski definition) is 5. The Labute approximate surface area is 142 Å². The van der Waals surface area contributed by atoms with Crippen LogP contribution in [-0.2, 0) is 18.4 Å². The maximum Gasteiger partial charge on any atom is 0.331 e. The van der Waals surface area contributed by atoms with Crippen LogP contribution in [0.3, 0.4) is 0 Å². The van der Waals surface area contributed by atoms with Gasteiger partial charge in [-0.1, -0.05) is 20.8 Å². The van der Waals surface area contributed by atoms with Crippen molar-refractivity contribution in [1.82, 2.24) is 9.13 Å². The van der Waals surface area contributed by atoms with Crippen LogP contribution in [0.25, 0.3) is 0 Å². The molecule has 0 unspecified atom stereocenters. The molecule has 0 aliphatic heterocycles. The topological polar surface area (TPSA) is 90.2 Å². The van der Waals surface area contributed by atoms with Gasteiger partial charge in [0, 0.05) is 24.7 Å². The first kappa shape index (κ1) is 17.9. The standard InChI is InChI=1S/C16H19N3O4S/c1-16(2,3)13(22)10-6-8-24-14(10)17-11(20)9-19-7-5-12(21)18(4)15(19)23/h5-8H,9H2,1-4H3,(H,17,20). The molecular weight excluding hydrogens is 330 g/mol. The van der Waals surface area contributed by atoms with E-state index in [4.69, 9.17) is 0 Å². The highest BCUT2D eigenvalue weighted by Crippen LogP contribution is 2.30. The van der Waals surface area contributed by atoms with Crippen molar-refractivity contribution in [1.29, 1.82) is 0 Å². The summed E-state index contributed by atoms with van der Waals surface area (Å²) in [4.78, 5) is 47.9. The minimum atomic E-state index is -0.574. The van der Waals surface area contributed by atoms with Crippen LogP contribution in [0.4, 0.5) is 5.00 Å². The van der Waals surface area contributed by atoms with Crippen molar-refractivity contribution >= 4 is 28.0 Å². The molecule has 0 spiro atoms. The third-order valence-corrected chi connectivity index (χ3v) is 4.25. The van der Waals surface area contributed by atoms with Gasteiger partial charge in [-0.05, 0) is 11.4 Å². The summed E-state index contributed by atoms with van der Waals surface area (Å²) in [5.41, 5.74) is -1.12. The predicted octanol–water partition coefficient (Wildman–Crippen LogP) is 1.48. The molecular formula is C16H19N3O4S. The molecule has 0 saturated heterocycles. The fourth-order valence-electron chi connectivity index (χ4n) is 2.05. The van der Waals surface area contributed by atoms with Gasteiger partial charge in [0.25, 0.3) is 5.56 Å². The molecule has 128 valence electrons. The van der Waals surface area contributed by atoms with Crippen LogP contribution >= 0.6 is 11.3 Å². The number of aromatic nitrogens is 2. The maximum absolute atomic E-state index is 12.4. The normalized spacial score (nSPS) is 11.3. The molecule has 0 aromatic carbocycles. The zero-order valence-corrected chi connectivity index (χ0v) is 14.8. The second kappa shape index (κ2) is 6.56. The van der Waals surface area contributed by atoms with E-state index in [1.54, 1.807) is 11.4 Å². The molecule has 0 saturated carbocycles. The SMILES string of the molecule is Cn1c(=O)ccn(CC(=O)Nc2sccc2C(=O)C(C)(C)C)c1=O. The summed E-state index contributed by atoms with van der Waals surface area (Å²) in [5, 5.41) is 4.85. The first-order valence-electron chi connectivity index (χ1n) is 7.30. The fourth-order valence-corrected chi connectivity index (χ4v) is 2.85. The highest BCUT2D eigenvalue weighted by Gasteiger charge is 2.26. The Hall–Kier alpha value is -2.48. The first-order chi connectivity index (χ1) is 11.1. The molecule has 2 heterocycles. The Bertz CT molecular complexity index is 899. The van der Waals surface area contributed by atoms with Crippen LogP contribution in [0.15, 0.2) is 33.3 Å². The number of carbonyl (C=O) groups excluding carboxylic acids is 2. The van der Waals surface area contributed by atoms with Crippen molar-refractivity contribution in [3.8, 4) is 0 Å². The van der Waals surface area contributed by atoms with E-state index in [-0.39, 0.29) is 12.3 Å². The number of nitrogens with zero attached hydrogens (tertiary/aromatic N) is 2. The van der Waals surface area contributed by atoms with Crippen molar-refractivity contribution in [3.63, 3.8) is 0 Å². The van der Waals surface area contributed by atoms with E-state index in [2.05, 4.69) is 5.32 Å². The Balaban J connectivity index is 2.19. The molecule has 0 radical (unpaired) electrons. The minimum absolute atomic E-state index is 0.0710. The zero-order chi connectivity index (χ0) is 18.1. The van der Waals surface area contributed by atoms with Crippen LogP contribution in [0.2, 0.25) is 0 Å². The number of amides is 1. The predicted molar refractivity (Wildman–Crippen MR) is 92.7 cm³/mol. The van der Waals surface area contributed by atoms with Crippen molar-refractivity contribution in [2.24, 2.45) is 12.5 Å².